The monoisotopic (exact) mass is 229 g/mol. The largest absolute Gasteiger partial charge is 0.261 e. The van der Waals surface area contributed by atoms with Crippen LogP contribution in [0.2, 0.25) is 0 Å². The van der Waals surface area contributed by atoms with Crippen molar-refractivity contribution in [2.45, 2.75) is 6.92 Å². The van der Waals surface area contributed by atoms with E-state index in [1.54, 1.807) is 18.3 Å². The van der Waals surface area contributed by atoms with Crippen LogP contribution in [0.1, 0.15) is 12.5 Å². The molecule has 3 nitrogen and oxygen atoms in total. The third kappa shape index (κ3) is 3.11. The molecule has 1 heterocycles. The van der Waals surface area contributed by atoms with Crippen LogP contribution in [-0.2, 0) is 0 Å². The van der Waals surface area contributed by atoms with E-state index in [-0.39, 0.29) is 5.82 Å². The highest BCUT2D eigenvalue weighted by Gasteiger charge is 1.97. The molecule has 4 heteroatoms. The molecule has 0 spiro atoms. The fourth-order valence-corrected chi connectivity index (χ4v) is 1.33. The normalized spacial score (nSPS) is 11.3. The molecule has 0 aliphatic rings. The predicted molar refractivity (Wildman–Crippen MR) is 66.5 cm³/mol. The molecule has 86 valence electrons. The van der Waals surface area contributed by atoms with Crippen LogP contribution in [0.5, 0.6) is 0 Å². The van der Waals surface area contributed by atoms with Gasteiger partial charge in [0.05, 0.1) is 5.71 Å². The summed E-state index contributed by atoms with van der Waals surface area (Å²) >= 11 is 0. The quantitative estimate of drug-likeness (QED) is 0.648. The minimum atomic E-state index is -0.251. The molecular formula is C13H12FN3. The lowest BCUT2D eigenvalue weighted by molar-refractivity contribution is 0.628. The first-order chi connectivity index (χ1) is 8.25. The molecule has 0 unspecified atom stereocenters. The third-order valence-corrected chi connectivity index (χ3v) is 2.27. The van der Waals surface area contributed by atoms with Gasteiger partial charge in [0.25, 0.3) is 0 Å². The van der Waals surface area contributed by atoms with E-state index in [0.717, 1.165) is 11.3 Å². The van der Waals surface area contributed by atoms with E-state index in [0.29, 0.717) is 5.82 Å². The van der Waals surface area contributed by atoms with Crippen molar-refractivity contribution in [2.75, 3.05) is 5.43 Å². The Morgan fingerprint density at radius 2 is 1.94 bits per heavy atom. The molecule has 0 fully saturated rings. The zero-order valence-corrected chi connectivity index (χ0v) is 9.39. The summed E-state index contributed by atoms with van der Waals surface area (Å²) in [4.78, 5) is 4.08. The minimum absolute atomic E-state index is 0.251. The molecule has 0 radical (unpaired) electrons. The van der Waals surface area contributed by atoms with Crippen LogP contribution in [0.3, 0.4) is 0 Å². The summed E-state index contributed by atoms with van der Waals surface area (Å²) in [5.74, 6) is 0.424. The first-order valence-corrected chi connectivity index (χ1v) is 5.23. The van der Waals surface area contributed by atoms with Gasteiger partial charge in [0.1, 0.15) is 11.6 Å². The number of pyridine rings is 1. The van der Waals surface area contributed by atoms with Crippen molar-refractivity contribution >= 4 is 11.5 Å². The summed E-state index contributed by atoms with van der Waals surface area (Å²) in [6.45, 7) is 1.85. The standard InChI is InChI=1S/C13H12FN3/c1-10(11-5-7-12(14)8-6-11)16-17-13-4-2-3-9-15-13/h2-9H,1H3,(H,15,17)/b16-10-. The summed E-state index contributed by atoms with van der Waals surface area (Å²) < 4.78 is 12.7. The number of hydrogen-bond acceptors (Lipinski definition) is 3. The van der Waals surface area contributed by atoms with Crippen LogP contribution in [-0.4, -0.2) is 10.7 Å². The topological polar surface area (TPSA) is 37.3 Å². The Kier molecular flexibility index (Phi) is 3.45. The van der Waals surface area contributed by atoms with Gasteiger partial charge in [-0.1, -0.05) is 18.2 Å². The van der Waals surface area contributed by atoms with Gasteiger partial charge in [-0.3, -0.25) is 5.43 Å². The SMILES string of the molecule is C/C(=N/Nc1ccccn1)c1ccc(F)cc1. The summed E-state index contributed by atoms with van der Waals surface area (Å²) in [5.41, 5.74) is 4.48. The van der Waals surface area contributed by atoms with Crippen molar-refractivity contribution in [3.05, 3.63) is 60.0 Å². The second kappa shape index (κ2) is 5.21. The van der Waals surface area contributed by atoms with E-state index < -0.39 is 0 Å². The zero-order valence-electron chi connectivity index (χ0n) is 9.39. The van der Waals surface area contributed by atoms with Gasteiger partial charge in [-0.25, -0.2) is 9.37 Å². The molecule has 1 N–H and O–H groups in total. The maximum Gasteiger partial charge on any atom is 0.146 e. The molecule has 0 aliphatic carbocycles. The molecule has 0 aliphatic heterocycles. The first kappa shape index (κ1) is 11.3. The fraction of sp³-hybridized carbons (Fsp3) is 0.0769. The third-order valence-electron chi connectivity index (χ3n) is 2.27. The lowest BCUT2D eigenvalue weighted by Crippen LogP contribution is -2.00. The van der Waals surface area contributed by atoms with Crippen molar-refractivity contribution in [1.29, 1.82) is 0 Å². The van der Waals surface area contributed by atoms with Gasteiger partial charge in [-0.2, -0.15) is 5.10 Å². The van der Waals surface area contributed by atoms with E-state index in [9.17, 15) is 4.39 Å². The highest BCUT2D eigenvalue weighted by Crippen LogP contribution is 2.05. The lowest BCUT2D eigenvalue weighted by Gasteiger charge is -2.02. The van der Waals surface area contributed by atoms with E-state index >= 15 is 0 Å². The molecule has 1 aromatic heterocycles. The van der Waals surface area contributed by atoms with Crippen molar-refractivity contribution in [1.82, 2.24) is 4.98 Å². The molecule has 2 rings (SSSR count). The number of rotatable bonds is 3. The Labute approximate surface area is 99.0 Å². The average Bonchev–Trinajstić information content (AvgIpc) is 2.38. The number of aromatic nitrogens is 1. The maximum absolute atomic E-state index is 12.7. The highest BCUT2D eigenvalue weighted by atomic mass is 19.1. The van der Waals surface area contributed by atoms with Gasteiger partial charge in [0.2, 0.25) is 0 Å². The number of hydrogen-bond donors (Lipinski definition) is 1. The molecule has 0 amide bonds. The Hall–Kier alpha value is -2.23. The van der Waals surface area contributed by atoms with Gasteiger partial charge in [-0.05, 0) is 36.8 Å². The van der Waals surface area contributed by atoms with Crippen LogP contribution in [0.4, 0.5) is 10.2 Å². The molecule has 1 aromatic carbocycles. The Balaban J connectivity index is 2.10. The van der Waals surface area contributed by atoms with E-state index in [2.05, 4.69) is 15.5 Å². The fourth-order valence-electron chi connectivity index (χ4n) is 1.33. The Bertz CT molecular complexity index is 506. The lowest BCUT2D eigenvalue weighted by atomic mass is 10.1. The van der Waals surface area contributed by atoms with Crippen molar-refractivity contribution in [2.24, 2.45) is 5.10 Å². The van der Waals surface area contributed by atoms with E-state index in [1.807, 2.05) is 25.1 Å². The second-order valence-electron chi connectivity index (χ2n) is 3.53. The first-order valence-electron chi connectivity index (χ1n) is 5.23. The zero-order chi connectivity index (χ0) is 12.1. The molecule has 0 atom stereocenters. The Morgan fingerprint density at radius 3 is 2.59 bits per heavy atom. The van der Waals surface area contributed by atoms with Gasteiger partial charge in [0.15, 0.2) is 0 Å². The second-order valence-corrected chi connectivity index (χ2v) is 3.53. The van der Waals surface area contributed by atoms with Crippen LogP contribution in [0.25, 0.3) is 0 Å². The van der Waals surface area contributed by atoms with Crippen LogP contribution in [0, 0.1) is 5.82 Å². The molecule has 0 bridgehead atoms. The number of hydrazone groups is 1. The minimum Gasteiger partial charge on any atom is -0.261 e. The molecular weight excluding hydrogens is 217 g/mol. The van der Waals surface area contributed by atoms with E-state index in [1.165, 1.54) is 12.1 Å². The van der Waals surface area contributed by atoms with Gasteiger partial charge >= 0.3 is 0 Å². The van der Waals surface area contributed by atoms with Crippen molar-refractivity contribution in [3.63, 3.8) is 0 Å². The van der Waals surface area contributed by atoms with Crippen LogP contribution < -0.4 is 5.43 Å². The summed E-state index contributed by atoms with van der Waals surface area (Å²) in [7, 11) is 0. The number of anilines is 1. The van der Waals surface area contributed by atoms with Gasteiger partial charge in [-0.15, -0.1) is 0 Å². The number of nitrogens with one attached hydrogen (secondary N) is 1. The summed E-state index contributed by atoms with van der Waals surface area (Å²) in [6.07, 6.45) is 1.69. The highest BCUT2D eigenvalue weighted by molar-refractivity contribution is 5.98. The van der Waals surface area contributed by atoms with Crippen molar-refractivity contribution in [3.8, 4) is 0 Å². The number of benzene rings is 1. The smallest absolute Gasteiger partial charge is 0.146 e. The van der Waals surface area contributed by atoms with Gasteiger partial charge in [0, 0.05) is 6.20 Å². The predicted octanol–water partition coefficient (Wildman–Crippen LogP) is 3.06. The van der Waals surface area contributed by atoms with Crippen LogP contribution >= 0.6 is 0 Å². The Morgan fingerprint density at radius 1 is 1.18 bits per heavy atom. The van der Waals surface area contributed by atoms with Crippen molar-refractivity contribution < 1.29 is 4.39 Å². The maximum atomic E-state index is 12.7. The molecule has 2 aromatic rings. The number of nitrogens with zero attached hydrogens (tertiary/aromatic N) is 2. The average molecular weight is 229 g/mol. The van der Waals surface area contributed by atoms with Crippen LogP contribution in [0.15, 0.2) is 53.8 Å². The molecule has 17 heavy (non-hydrogen) atoms. The summed E-state index contributed by atoms with van der Waals surface area (Å²) in [6, 6.07) is 11.7. The number of halogens is 1. The van der Waals surface area contributed by atoms with Gasteiger partial charge < -0.3 is 0 Å². The molecule has 0 saturated carbocycles. The van der Waals surface area contributed by atoms with E-state index in [4.69, 9.17) is 0 Å². The molecule has 0 saturated heterocycles. The summed E-state index contributed by atoms with van der Waals surface area (Å²) in [5, 5.41) is 4.18.